The first kappa shape index (κ1) is 8.96. The van der Waals surface area contributed by atoms with Gasteiger partial charge in [0.2, 0.25) is 0 Å². The van der Waals surface area contributed by atoms with Crippen molar-refractivity contribution in [2.24, 2.45) is 0 Å². The Morgan fingerprint density at radius 1 is 1.57 bits per heavy atom. The molecule has 0 amide bonds. The number of rotatable bonds is 2. The molecule has 2 heterocycles. The van der Waals surface area contributed by atoms with Crippen molar-refractivity contribution in [3.63, 3.8) is 0 Å². The van der Waals surface area contributed by atoms with Gasteiger partial charge in [0, 0.05) is 12.1 Å². The Balaban J connectivity index is 2.06. The minimum absolute atomic E-state index is 0.261. The van der Waals surface area contributed by atoms with Crippen LogP contribution in [0, 0.1) is 5.21 Å². The van der Waals surface area contributed by atoms with Crippen molar-refractivity contribution < 1.29 is 19.0 Å². The normalized spacial score (nSPS) is 24.4. The molecule has 0 aliphatic carbocycles. The molecule has 14 heavy (non-hydrogen) atoms. The molecule has 2 atom stereocenters. The fourth-order valence-electron chi connectivity index (χ4n) is 1.28. The molecule has 1 fully saturated rings. The average Bonchev–Trinajstić information content (AvgIpc) is 2.98. The Morgan fingerprint density at radius 3 is 2.79 bits per heavy atom. The highest BCUT2D eigenvalue weighted by Crippen LogP contribution is 2.38. The minimum Gasteiger partial charge on any atom is -0.619 e. The first-order chi connectivity index (χ1) is 6.72. The number of pyridine rings is 1. The maximum absolute atomic E-state index is 11.0. The lowest BCUT2D eigenvalue weighted by Gasteiger charge is -1.96. The van der Waals surface area contributed by atoms with Crippen molar-refractivity contribution in [3.8, 4) is 0 Å². The minimum atomic E-state index is -0.512. The summed E-state index contributed by atoms with van der Waals surface area (Å²) in [6.45, 7) is 0. The summed E-state index contributed by atoms with van der Waals surface area (Å²) in [4.78, 5) is 11.0. The van der Waals surface area contributed by atoms with Gasteiger partial charge in [0.05, 0.1) is 7.11 Å². The Kier molecular flexibility index (Phi) is 2.09. The molecule has 5 nitrogen and oxygen atoms in total. The van der Waals surface area contributed by atoms with Gasteiger partial charge in [-0.1, -0.05) is 0 Å². The molecule has 1 aromatic heterocycles. The monoisotopic (exact) mass is 195 g/mol. The third-order valence-corrected chi connectivity index (χ3v) is 2.08. The highest BCUT2D eigenvalue weighted by molar-refractivity contribution is 5.78. The topological polar surface area (TPSA) is 65.8 Å². The van der Waals surface area contributed by atoms with Gasteiger partial charge >= 0.3 is 5.97 Å². The average molecular weight is 195 g/mol. The number of nitrogens with zero attached hydrogens (tertiary/aromatic N) is 1. The Morgan fingerprint density at radius 2 is 2.21 bits per heavy atom. The van der Waals surface area contributed by atoms with Crippen LogP contribution in [0.15, 0.2) is 24.5 Å². The van der Waals surface area contributed by atoms with Gasteiger partial charge in [-0.05, 0) is 5.56 Å². The molecule has 0 radical (unpaired) electrons. The van der Waals surface area contributed by atoms with E-state index in [1.165, 1.54) is 19.5 Å². The summed E-state index contributed by atoms with van der Waals surface area (Å²) in [6.07, 6.45) is 1.96. The molecular formula is C9H9NO4. The molecule has 1 aromatic rings. The second kappa shape index (κ2) is 3.26. The van der Waals surface area contributed by atoms with E-state index in [9.17, 15) is 10.0 Å². The maximum atomic E-state index is 11.0. The highest BCUT2D eigenvalue weighted by Gasteiger charge is 2.47. The largest absolute Gasteiger partial charge is 0.619 e. The molecule has 0 N–H and O–H groups in total. The molecule has 0 bridgehead atoms. The summed E-state index contributed by atoms with van der Waals surface area (Å²) < 4.78 is 10.3. The van der Waals surface area contributed by atoms with Crippen LogP contribution in [0.5, 0.6) is 0 Å². The number of methoxy groups -OCH3 is 1. The zero-order valence-electron chi connectivity index (χ0n) is 7.54. The van der Waals surface area contributed by atoms with Gasteiger partial charge in [-0.2, -0.15) is 4.73 Å². The van der Waals surface area contributed by atoms with Crippen molar-refractivity contribution >= 4 is 5.97 Å². The summed E-state index contributed by atoms with van der Waals surface area (Å²) in [7, 11) is 1.32. The fourth-order valence-corrected chi connectivity index (χ4v) is 1.28. The second-order valence-electron chi connectivity index (χ2n) is 2.99. The standard InChI is InChI=1S/C9H9NO4/c1-13-9(11)8-7(14-8)6-2-4-10(12)5-3-6/h2-5,7-8H,1H3/t7-,8+/m0/s1. The van der Waals surface area contributed by atoms with E-state index < -0.39 is 6.10 Å². The Bertz CT molecular complexity index is 348. The summed E-state index contributed by atoms with van der Waals surface area (Å²) >= 11 is 0. The van der Waals surface area contributed by atoms with E-state index in [1.807, 2.05) is 0 Å². The summed E-state index contributed by atoms with van der Waals surface area (Å²) in [5.74, 6) is -0.381. The van der Waals surface area contributed by atoms with Gasteiger partial charge in [0.15, 0.2) is 18.5 Å². The lowest BCUT2D eigenvalue weighted by Crippen LogP contribution is -2.23. The third-order valence-electron chi connectivity index (χ3n) is 2.08. The first-order valence-corrected chi connectivity index (χ1v) is 4.14. The zero-order valence-corrected chi connectivity index (χ0v) is 7.54. The highest BCUT2D eigenvalue weighted by atomic mass is 16.6. The maximum Gasteiger partial charge on any atom is 0.338 e. The second-order valence-corrected chi connectivity index (χ2v) is 2.99. The van der Waals surface area contributed by atoms with Gasteiger partial charge in [0.25, 0.3) is 0 Å². The van der Waals surface area contributed by atoms with Gasteiger partial charge in [-0.15, -0.1) is 0 Å². The van der Waals surface area contributed by atoms with Crippen LogP contribution in [0.2, 0.25) is 0 Å². The van der Waals surface area contributed by atoms with Crippen LogP contribution in [-0.4, -0.2) is 19.2 Å². The van der Waals surface area contributed by atoms with Crippen molar-refractivity contribution in [2.75, 3.05) is 7.11 Å². The van der Waals surface area contributed by atoms with E-state index in [1.54, 1.807) is 12.1 Å². The summed E-state index contributed by atoms with van der Waals surface area (Å²) in [5, 5.41) is 10.7. The fraction of sp³-hybridized carbons (Fsp3) is 0.333. The third kappa shape index (κ3) is 1.54. The molecule has 0 saturated carbocycles. The molecule has 2 rings (SSSR count). The van der Waals surface area contributed by atoms with Crippen molar-refractivity contribution in [2.45, 2.75) is 12.2 Å². The van der Waals surface area contributed by atoms with E-state index in [2.05, 4.69) is 4.74 Å². The quantitative estimate of drug-likeness (QED) is 0.287. The molecule has 74 valence electrons. The van der Waals surface area contributed by atoms with Gasteiger partial charge < -0.3 is 14.7 Å². The number of epoxide rings is 1. The molecule has 0 spiro atoms. The molecule has 0 aromatic carbocycles. The van der Waals surface area contributed by atoms with Crippen LogP contribution in [0.25, 0.3) is 0 Å². The van der Waals surface area contributed by atoms with Crippen LogP contribution in [-0.2, 0) is 14.3 Å². The number of carbonyl (C=O) groups excluding carboxylic acids is 1. The molecule has 1 aliphatic rings. The Labute approximate surface area is 80.5 Å². The zero-order chi connectivity index (χ0) is 10.1. The van der Waals surface area contributed by atoms with Crippen LogP contribution in [0.1, 0.15) is 11.7 Å². The summed E-state index contributed by atoms with van der Waals surface area (Å²) in [6, 6.07) is 3.25. The Hall–Kier alpha value is -1.62. The van der Waals surface area contributed by atoms with Crippen molar-refractivity contribution in [1.29, 1.82) is 0 Å². The number of hydrogen-bond donors (Lipinski definition) is 0. The van der Waals surface area contributed by atoms with E-state index in [4.69, 9.17) is 4.74 Å². The smallest absolute Gasteiger partial charge is 0.338 e. The SMILES string of the molecule is COC(=O)[C@@H]1O[C@H]1c1cc[n+]([O-])cc1. The van der Waals surface area contributed by atoms with Crippen molar-refractivity contribution in [1.82, 2.24) is 0 Å². The first-order valence-electron chi connectivity index (χ1n) is 4.14. The number of carbonyl (C=O) groups is 1. The molecular weight excluding hydrogens is 186 g/mol. The van der Waals surface area contributed by atoms with E-state index >= 15 is 0 Å². The molecule has 1 saturated heterocycles. The van der Waals surface area contributed by atoms with E-state index in [-0.39, 0.29) is 12.1 Å². The summed E-state index contributed by atoms with van der Waals surface area (Å²) in [5.41, 5.74) is 0.813. The predicted molar refractivity (Wildman–Crippen MR) is 45.0 cm³/mol. The van der Waals surface area contributed by atoms with E-state index in [0.717, 1.165) is 5.56 Å². The lowest BCUT2D eigenvalue weighted by molar-refractivity contribution is -0.605. The predicted octanol–water partition coefficient (Wildman–Crippen LogP) is -0.0671. The van der Waals surface area contributed by atoms with Gasteiger partial charge in [0.1, 0.15) is 6.10 Å². The van der Waals surface area contributed by atoms with Gasteiger partial charge in [-0.25, -0.2) is 4.79 Å². The van der Waals surface area contributed by atoms with Gasteiger partial charge in [-0.3, -0.25) is 0 Å². The lowest BCUT2D eigenvalue weighted by atomic mass is 10.1. The molecule has 5 heteroatoms. The number of aromatic nitrogens is 1. The number of esters is 1. The van der Waals surface area contributed by atoms with Crippen LogP contribution < -0.4 is 4.73 Å². The van der Waals surface area contributed by atoms with Crippen LogP contribution in [0.4, 0.5) is 0 Å². The van der Waals surface area contributed by atoms with Crippen molar-refractivity contribution in [3.05, 3.63) is 35.3 Å². The number of hydrogen-bond acceptors (Lipinski definition) is 4. The van der Waals surface area contributed by atoms with Crippen LogP contribution >= 0.6 is 0 Å². The molecule has 1 aliphatic heterocycles. The van der Waals surface area contributed by atoms with E-state index in [0.29, 0.717) is 4.73 Å². The van der Waals surface area contributed by atoms with Crippen LogP contribution in [0.3, 0.4) is 0 Å². The molecule has 0 unspecified atom stereocenters. The number of ether oxygens (including phenoxy) is 2.